The van der Waals surface area contributed by atoms with Gasteiger partial charge in [0.2, 0.25) is 15.9 Å². The number of benzene rings is 1. The van der Waals surface area contributed by atoms with Crippen molar-refractivity contribution in [3.63, 3.8) is 0 Å². The molecule has 0 saturated carbocycles. The summed E-state index contributed by atoms with van der Waals surface area (Å²) in [4.78, 5) is 16.2. The molecule has 2 aromatic rings. The number of pyridine rings is 1. The highest BCUT2D eigenvalue weighted by Gasteiger charge is 2.26. The highest BCUT2D eigenvalue weighted by molar-refractivity contribution is 7.89. The number of nitrogens with one attached hydrogen (secondary N) is 1. The van der Waals surface area contributed by atoms with Gasteiger partial charge in [0.15, 0.2) is 0 Å². The molecule has 0 atom stereocenters. The third-order valence-corrected chi connectivity index (χ3v) is 5.66. The molecule has 134 valence electrons. The number of carbonyl (C=O) groups is 1. The number of rotatable bonds is 7. The summed E-state index contributed by atoms with van der Waals surface area (Å²) in [6.07, 6.45) is 3.30. The minimum absolute atomic E-state index is 0.0389. The Morgan fingerprint density at radius 3 is 2.68 bits per heavy atom. The van der Waals surface area contributed by atoms with E-state index in [0.717, 1.165) is 4.31 Å². The maximum atomic E-state index is 12.7. The number of halogens is 2. The van der Waals surface area contributed by atoms with Crippen LogP contribution in [-0.2, 0) is 14.8 Å². The maximum Gasteiger partial charge on any atom is 0.245 e. The number of nitrogens with zero attached hydrogens (tertiary/aromatic N) is 2. The van der Waals surface area contributed by atoms with Crippen molar-refractivity contribution in [2.75, 3.05) is 18.4 Å². The zero-order valence-corrected chi connectivity index (χ0v) is 15.8. The Labute approximate surface area is 156 Å². The molecule has 1 heterocycles. The monoisotopic (exact) mass is 401 g/mol. The van der Waals surface area contributed by atoms with Crippen LogP contribution < -0.4 is 5.32 Å². The van der Waals surface area contributed by atoms with Crippen molar-refractivity contribution in [2.24, 2.45) is 0 Å². The van der Waals surface area contributed by atoms with Crippen molar-refractivity contribution in [3.8, 4) is 0 Å². The van der Waals surface area contributed by atoms with Gasteiger partial charge >= 0.3 is 0 Å². The molecule has 0 unspecified atom stereocenters. The second-order valence-electron chi connectivity index (χ2n) is 5.20. The number of anilines is 1. The van der Waals surface area contributed by atoms with E-state index in [1.165, 1.54) is 30.6 Å². The van der Waals surface area contributed by atoms with Crippen LogP contribution in [0.5, 0.6) is 0 Å². The highest BCUT2D eigenvalue weighted by Crippen LogP contribution is 2.25. The van der Waals surface area contributed by atoms with Crippen LogP contribution in [-0.4, -0.2) is 36.7 Å². The summed E-state index contributed by atoms with van der Waals surface area (Å²) in [5.41, 5.74) is 0.328. The lowest BCUT2D eigenvalue weighted by atomic mass is 10.3. The first-order valence-corrected chi connectivity index (χ1v) is 9.69. The number of amides is 1. The van der Waals surface area contributed by atoms with Gasteiger partial charge in [0.25, 0.3) is 0 Å². The van der Waals surface area contributed by atoms with E-state index in [9.17, 15) is 13.2 Å². The molecule has 9 heteroatoms. The van der Waals surface area contributed by atoms with Crippen LogP contribution in [0, 0.1) is 0 Å². The Hall–Kier alpha value is -1.67. The molecule has 1 aromatic carbocycles. The van der Waals surface area contributed by atoms with E-state index >= 15 is 0 Å². The van der Waals surface area contributed by atoms with Crippen molar-refractivity contribution in [3.05, 3.63) is 52.8 Å². The average Bonchev–Trinajstić information content (AvgIpc) is 2.58. The average molecular weight is 402 g/mol. The molecule has 6 nitrogen and oxygen atoms in total. The fourth-order valence-electron chi connectivity index (χ4n) is 2.13. The molecule has 0 bridgehead atoms. The number of aromatic nitrogens is 1. The van der Waals surface area contributed by atoms with Gasteiger partial charge in [-0.2, -0.15) is 4.31 Å². The van der Waals surface area contributed by atoms with Gasteiger partial charge in [-0.25, -0.2) is 8.42 Å². The van der Waals surface area contributed by atoms with E-state index in [0.29, 0.717) is 22.2 Å². The van der Waals surface area contributed by atoms with E-state index in [2.05, 4.69) is 10.3 Å². The Bertz CT molecular complexity index is 845. The van der Waals surface area contributed by atoms with Crippen LogP contribution in [0.4, 0.5) is 5.69 Å². The molecule has 0 radical (unpaired) electrons. The van der Waals surface area contributed by atoms with E-state index in [1.807, 2.05) is 6.92 Å². The topological polar surface area (TPSA) is 79.4 Å². The summed E-state index contributed by atoms with van der Waals surface area (Å²) in [5.74, 6) is -0.509. The highest BCUT2D eigenvalue weighted by atomic mass is 35.5. The van der Waals surface area contributed by atoms with E-state index < -0.39 is 15.9 Å². The Kier molecular flexibility index (Phi) is 6.78. The Balaban J connectivity index is 2.18. The predicted octanol–water partition coefficient (Wildman–Crippen LogP) is 3.43. The molecule has 1 N–H and O–H groups in total. The Morgan fingerprint density at radius 1 is 1.28 bits per heavy atom. The molecule has 0 saturated heterocycles. The zero-order chi connectivity index (χ0) is 18.4. The van der Waals surface area contributed by atoms with Crippen LogP contribution in [0.2, 0.25) is 10.0 Å². The van der Waals surface area contributed by atoms with Crippen molar-refractivity contribution >= 4 is 44.8 Å². The molecule has 0 aliphatic rings. The molecule has 1 amide bonds. The second kappa shape index (κ2) is 8.62. The van der Waals surface area contributed by atoms with Crippen molar-refractivity contribution in [2.45, 2.75) is 18.2 Å². The van der Waals surface area contributed by atoms with Crippen LogP contribution in [0.1, 0.15) is 13.3 Å². The zero-order valence-electron chi connectivity index (χ0n) is 13.4. The minimum Gasteiger partial charge on any atom is -0.324 e. The number of hydrogen-bond donors (Lipinski definition) is 1. The SMILES string of the molecule is CCCN(CC(=O)Nc1cc(Cl)ccc1Cl)S(=O)(=O)c1cccnc1. The summed E-state index contributed by atoms with van der Waals surface area (Å²) in [5, 5.41) is 3.31. The fourth-order valence-corrected chi connectivity index (χ4v) is 3.92. The minimum atomic E-state index is -3.82. The molecule has 0 aliphatic heterocycles. The number of hydrogen-bond acceptors (Lipinski definition) is 4. The van der Waals surface area contributed by atoms with Crippen LogP contribution in [0.25, 0.3) is 0 Å². The predicted molar refractivity (Wildman–Crippen MR) is 98.4 cm³/mol. The first-order chi connectivity index (χ1) is 11.8. The summed E-state index contributed by atoms with van der Waals surface area (Å²) in [6, 6.07) is 7.62. The van der Waals surface area contributed by atoms with E-state index in [1.54, 1.807) is 12.1 Å². The molecule has 0 aliphatic carbocycles. The molecule has 2 rings (SSSR count). The molecule has 0 spiro atoms. The lowest BCUT2D eigenvalue weighted by Gasteiger charge is -2.21. The molecular weight excluding hydrogens is 385 g/mol. The van der Waals surface area contributed by atoms with Gasteiger partial charge in [0, 0.05) is 24.0 Å². The van der Waals surface area contributed by atoms with Crippen LogP contribution in [0.15, 0.2) is 47.6 Å². The van der Waals surface area contributed by atoms with Gasteiger partial charge in [0.1, 0.15) is 4.90 Å². The molecule has 25 heavy (non-hydrogen) atoms. The van der Waals surface area contributed by atoms with E-state index in [4.69, 9.17) is 23.2 Å². The number of sulfonamides is 1. The first kappa shape index (κ1) is 19.7. The van der Waals surface area contributed by atoms with Gasteiger partial charge in [-0.05, 0) is 36.8 Å². The van der Waals surface area contributed by atoms with Gasteiger partial charge in [-0.3, -0.25) is 9.78 Å². The molecular formula is C16H17Cl2N3O3S. The summed E-state index contributed by atoms with van der Waals surface area (Å²) in [6.45, 7) is 1.69. The van der Waals surface area contributed by atoms with E-state index in [-0.39, 0.29) is 18.0 Å². The fraction of sp³-hybridized carbons (Fsp3) is 0.250. The standard InChI is InChI=1S/C16H17Cl2N3O3S/c1-2-8-21(25(23,24)13-4-3-7-19-10-13)11-16(22)20-15-9-12(17)5-6-14(15)18/h3-7,9-10H,2,8,11H2,1H3,(H,20,22). The van der Waals surface area contributed by atoms with Gasteiger partial charge < -0.3 is 5.32 Å². The quantitative estimate of drug-likeness (QED) is 0.770. The smallest absolute Gasteiger partial charge is 0.245 e. The second-order valence-corrected chi connectivity index (χ2v) is 7.98. The normalized spacial score (nSPS) is 11.5. The van der Waals surface area contributed by atoms with Crippen LogP contribution >= 0.6 is 23.2 Å². The third kappa shape index (κ3) is 5.15. The first-order valence-electron chi connectivity index (χ1n) is 7.49. The number of carbonyl (C=O) groups excluding carboxylic acids is 1. The van der Waals surface area contributed by atoms with Crippen molar-refractivity contribution < 1.29 is 13.2 Å². The van der Waals surface area contributed by atoms with Gasteiger partial charge in [-0.15, -0.1) is 0 Å². The van der Waals surface area contributed by atoms with Crippen LogP contribution in [0.3, 0.4) is 0 Å². The largest absolute Gasteiger partial charge is 0.324 e. The lowest BCUT2D eigenvalue weighted by molar-refractivity contribution is -0.116. The lowest BCUT2D eigenvalue weighted by Crippen LogP contribution is -2.38. The van der Waals surface area contributed by atoms with Crippen molar-refractivity contribution in [1.29, 1.82) is 0 Å². The molecule has 0 fully saturated rings. The molecule has 1 aromatic heterocycles. The Morgan fingerprint density at radius 2 is 2.04 bits per heavy atom. The summed E-state index contributed by atoms with van der Waals surface area (Å²) >= 11 is 11.9. The van der Waals surface area contributed by atoms with Gasteiger partial charge in [0.05, 0.1) is 17.3 Å². The summed E-state index contributed by atoms with van der Waals surface area (Å²) in [7, 11) is -3.82. The third-order valence-electron chi connectivity index (χ3n) is 3.27. The van der Waals surface area contributed by atoms with Crippen molar-refractivity contribution in [1.82, 2.24) is 9.29 Å². The summed E-state index contributed by atoms with van der Waals surface area (Å²) < 4.78 is 26.5. The van der Waals surface area contributed by atoms with Gasteiger partial charge in [-0.1, -0.05) is 30.1 Å². The maximum absolute atomic E-state index is 12.7.